The number of hydrogen-bond acceptors (Lipinski definition) is 1. The third-order valence-electron chi connectivity index (χ3n) is 12.1. The Balaban J connectivity index is 1.53. The van der Waals surface area contributed by atoms with E-state index in [2.05, 4.69) is 61.5 Å². The molecule has 0 aromatic rings. The number of fused-ring (bicyclic) bond motifs is 5. The Morgan fingerprint density at radius 2 is 1.45 bits per heavy atom. The van der Waals surface area contributed by atoms with E-state index in [1.807, 2.05) is 0 Å². The van der Waals surface area contributed by atoms with Crippen molar-refractivity contribution in [3.8, 4) is 0 Å². The average Bonchev–Trinajstić information content (AvgIpc) is 3.07. The summed E-state index contributed by atoms with van der Waals surface area (Å²) in [5, 5.41) is 10.6. The van der Waals surface area contributed by atoms with Crippen LogP contribution in [-0.2, 0) is 0 Å². The lowest BCUT2D eigenvalue weighted by Gasteiger charge is -2.62. The molecule has 0 radical (unpaired) electrons. The van der Waals surface area contributed by atoms with Crippen molar-refractivity contribution in [1.29, 1.82) is 0 Å². The number of hydrogen-bond donors (Lipinski definition) is 1. The van der Waals surface area contributed by atoms with Crippen LogP contribution in [0, 0.1) is 64.1 Å². The van der Waals surface area contributed by atoms with E-state index in [0.717, 1.165) is 41.9 Å². The molecule has 0 saturated heterocycles. The predicted octanol–water partition coefficient (Wildman–Crippen LogP) is 8.13. The lowest BCUT2D eigenvalue weighted by atomic mass is 9.43. The van der Waals surface area contributed by atoms with Crippen molar-refractivity contribution in [2.75, 3.05) is 0 Å². The van der Waals surface area contributed by atoms with Crippen LogP contribution in [0.15, 0.2) is 11.6 Å². The van der Waals surface area contributed by atoms with E-state index in [4.69, 9.17) is 0 Å². The molecule has 0 aromatic carbocycles. The highest BCUT2D eigenvalue weighted by Gasteiger charge is 2.61. The normalized spacial score (nSPS) is 49.9. The van der Waals surface area contributed by atoms with Gasteiger partial charge in [0.2, 0.25) is 0 Å². The van der Waals surface area contributed by atoms with E-state index in [1.165, 1.54) is 44.9 Å². The maximum atomic E-state index is 10.6. The van der Waals surface area contributed by atoms with Gasteiger partial charge in [0.15, 0.2) is 0 Å². The van der Waals surface area contributed by atoms with Crippen LogP contribution in [0.2, 0.25) is 0 Å². The van der Waals surface area contributed by atoms with Crippen molar-refractivity contribution in [2.24, 2.45) is 64.1 Å². The standard InChI is InChI=1S/C30H52O/c1-18(2)21(5)19(3)17-20(4)24-11-12-26-23-9-10-25-22(6)28(31)14-16-30(25,8)27(23)13-15-29(24,26)7/h17-18,20-28,31H,9-16H2,1-8H3/t20?,21-,22+,23+,24-,25+,26+,27+,28+,29-,30+/m1/s1. The first-order valence-corrected chi connectivity index (χ1v) is 13.9. The van der Waals surface area contributed by atoms with Crippen LogP contribution in [0.25, 0.3) is 0 Å². The summed E-state index contributed by atoms with van der Waals surface area (Å²) in [6.45, 7) is 19.7. The number of rotatable bonds is 4. The Morgan fingerprint density at radius 1 is 0.839 bits per heavy atom. The van der Waals surface area contributed by atoms with Gasteiger partial charge < -0.3 is 5.11 Å². The summed E-state index contributed by atoms with van der Waals surface area (Å²) in [5.74, 6) is 7.05. The first-order valence-electron chi connectivity index (χ1n) is 13.9. The molecule has 178 valence electrons. The monoisotopic (exact) mass is 428 g/mol. The van der Waals surface area contributed by atoms with E-state index in [1.54, 1.807) is 5.57 Å². The summed E-state index contributed by atoms with van der Waals surface area (Å²) in [6, 6.07) is 0. The van der Waals surface area contributed by atoms with Crippen molar-refractivity contribution in [2.45, 2.75) is 113 Å². The maximum absolute atomic E-state index is 10.6. The zero-order valence-corrected chi connectivity index (χ0v) is 22.0. The molecule has 4 aliphatic carbocycles. The Kier molecular flexibility index (Phi) is 6.53. The predicted molar refractivity (Wildman–Crippen MR) is 133 cm³/mol. The van der Waals surface area contributed by atoms with Gasteiger partial charge in [-0.1, -0.05) is 60.1 Å². The fraction of sp³-hybridized carbons (Fsp3) is 0.933. The quantitative estimate of drug-likeness (QED) is 0.448. The van der Waals surface area contributed by atoms with Crippen LogP contribution < -0.4 is 0 Å². The van der Waals surface area contributed by atoms with Gasteiger partial charge in [0.1, 0.15) is 0 Å². The molecule has 31 heavy (non-hydrogen) atoms. The molecule has 4 aliphatic rings. The highest BCUT2D eigenvalue weighted by molar-refractivity contribution is 5.13. The van der Waals surface area contributed by atoms with Crippen molar-refractivity contribution >= 4 is 0 Å². The van der Waals surface area contributed by atoms with Crippen molar-refractivity contribution < 1.29 is 5.11 Å². The molecule has 1 heteroatoms. The molecule has 4 saturated carbocycles. The van der Waals surface area contributed by atoms with Gasteiger partial charge in [-0.3, -0.25) is 0 Å². The Hall–Kier alpha value is -0.300. The molecule has 0 spiro atoms. The number of allylic oxidation sites excluding steroid dienone is 2. The fourth-order valence-corrected chi connectivity index (χ4v) is 9.82. The Morgan fingerprint density at radius 3 is 2.13 bits per heavy atom. The highest BCUT2D eigenvalue weighted by atomic mass is 16.3. The summed E-state index contributed by atoms with van der Waals surface area (Å²) < 4.78 is 0. The van der Waals surface area contributed by atoms with Crippen molar-refractivity contribution in [1.82, 2.24) is 0 Å². The van der Waals surface area contributed by atoms with Crippen molar-refractivity contribution in [3.63, 3.8) is 0 Å². The zero-order valence-electron chi connectivity index (χ0n) is 22.0. The molecule has 11 atom stereocenters. The third kappa shape index (κ3) is 3.77. The first kappa shape index (κ1) is 23.8. The second kappa shape index (κ2) is 8.48. The molecule has 0 aliphatic heterocycles. The van der Waals surface area contributed by atoms with Gasteiger partial charge in [-0.15, -0.1) is 0 Å². The number of aliphatic hydroxyl groups is 1. The summed E-state index contributed by atoms with van der Waals surface area (Å²) >= 11 is 0. The molecular weight excluding hydrogens is 376 g/mol. The summed E-state index contributed by atoms with van der Waals surface area (Å²) in [6.07, 6.45) is 13.5. The van der Waals surface area contributed by atoms with Gasteiger partial charge >= 0.3 is 0 Å². The van der Waals surface area contributed by atoms with E-state index in [0.29, 0.717) is 28.6 Å². The second-order valence-corrected chi connectivity index (χ2v) is 13.6. The van der Waals surface area contributed by atoms with Crippen LogP contribution in [0.5, 0.6) is 0 Å². The van der Waals surface area contributed by atoms with Gasteiger partial charge in [-0.2, -0.15) is 0 Å². The zero-order chi connectivity index (χ0) is 22.7. The van der Waals surface area contributed by atoms with Gasteiger partial charge in [0.05, 0.1) is 6.10 Å². The highest BCUT2D eigenvalue weighted by Crippen LogP contribution is 2.68. The molecule has 4 rings (SSSR count). The molecule has 0 heterocycles. The molecule has 1 nitrogen and oxygen atoms in total. The maximum Gasteiger partial charge on any atom is 0.0568 e. The van der Waals surface area contributed by atoms with Gasteiger partial charge in [0, 0.05) is 0 Å². The minimum atomic E-state index is -0.0524. The molecular formula is C30H52O. The van der Waals surface area contributed by atoms with Crippen LogP contribution >= 0.6 is 0 Å². The largest absolute Gasteiger partial charge is 0.393 e. The lowest BCUT2D eigenvalue weighted by Crippen LogP contribution is -2.56. The minimum absolute atomic E-state index is 0.0524. The minimum Gasteiger partial charge on any atom is -0.393 e. The molecule has 1 N–H and O–H groups in total. The van der Waals surface area contributed by atoms with Crippen molar-refractivity contribution in [3.05, 3.63) is 11.6 Å². The van der Waals surface area contributed by atoms with Crippen LogP contribution in [0.1, 0.15) is 107 Å². The van der Waals surface area contributed by atoms with Crippen LogP contribution in [-0.4, -0.2) is 11.2 Å². The summed E-state index contributed by atoms with van der Waals surface area (Å²) in [4.78, 5) is 0. The lowest BCUT2D eigenvalue weighted by molar-refractivity contribution is -0.148. The van der Waals surface area contributed by atoms with E-state index in [9.17, 15) is 5.11 Å². The SMILES string of the molecule is CC(=CC(C)[C@H]1CC[C@H]2[C@@H]3CC[C@H]4[C@H](C)[C@@H](O)CC[C@]4(C)[C@H]3CC[C@]12C)[C@H](C)C(C)C. The van der Waals surface area contributed by atoms with E-state index in [-0.39, 0.29) is 6.10 Å². The summed E-state index contributed by atoms with van der Waals surface area (Å²) in [5.41, 5.74) is 2.64. The summed E-state index contributed by atoms with van der Waals surface area (Å²) in [7, 11) is 0. The Labute approximate surface area is 193 Å². The smallest absolute Gasteiger partial charge is 0.0568 e. The fourth-order valence-electron chi connectivity index (χ4n) is 9.82. The van der Waals surface area contributed by atoms with Crippen LogP contribution in [0.4, 0.5) is 0 Å². The first-order chi connectivity index (χ1) is 14.5. The molecule has 1 unspecified atom stereocenters. The third-order valence-corrected chi connectivity index (χ3v) is 12.1. The molecule has 0 bridgehead atoms. The van der Waals surface area contributed by atoms with Gasteiger partial charge in [-0.05, 0) is 122 Å². The molecule has 0 amide bonds. The van der Waals surface area contributed by atoms with Gasteiger partial charge in [0.25, 0.3) is 0 Å². The molecule has 0 aromatic heterocycles. The van der Waals surface area contributed by atoms with E-state index < -0.39 is 0 Å². The van der Waals surface area contributed by atoms with Gasteiger partial charge in [-0.25, -0.2) is 0 Å². The number of aliphatic hydroxyl groups excluding tert-OH is 1. The molecule has 4 fully saturated rings. The topological polar surface area (TPSA) is 20.2 Å². The Bertz CT molecular complexity index is 678. The van der Waals surface area contributed by atoms with Crippen LogP contribution in [0.3, 0.4) is 0 Å². The second-order valence-electron chi connectivity index (χ2n) is 13.6. The average molecular weight is 429 g/mol. The van der Waals surface area contributed by atoms with E-state index >= 15 is 0 Å².